The maximum absolute atomic E-state index is 13.3. The molecule has 3 rings (SSSR count). The molecule has 1 N–H and O–H groups in total. The summed E-state index contributed by atoms with van der Waals surface area (Å²) in [6.45, 7) is 0.384. The highest BCUT2D eigenvalue weighted by molar-refractivity contribution is 7.89. The second-order valence-electron chi connectivity index (χ2n) is 8.11. The molecule has 36 heavy (non-hydrogen) atoms. The van der Waals surface area contributed by atoms with Gasteiger partial charge in [0, 0.05) is 39.6 Å². The molecule has 1 heterocycles. The maximum Gasteiger partial charge on any atom is 0.367 e. The summed E-state index contributed by atoms with van der Waals surface area (Å²) in [6, 6.07) is 13.6. The van der Waals surface area contributed by atoms with Crippen molar-refractivity contribution in [1.29, 1.82) is 0 Å². The summed E-state index contributed by atoms with van der Waals surface area (Å²) in [4.78, 5) is 2.06. The van der Waals surface area contributed by atoms with Gasteiger partial charge in [0.25, 0.3) is 0 Å². The van der Waals surface area contributed by atoms with Gasteiger partial charge >= 0.3 is 7.68 Å². The van der Waals surface area contributed by atoms with Crippen LogP contribution >= 0.6 is 7.68 Å². The topological polar surface area (TPSA) is 131 Å². The summed E-state index contributed by atoms with van der Waals surface area (Å²) >= 11 is 0. The normalized spacial score (nSPS) is 13.7. The van der Waals surface area contributed by atoms with Gasteiger partial charge in [-0.3, -0.25) is 9.25 Å². The Balaban J connectivity index is 1.50. The molecule has 194 valence electrons. The van der Waals surface area contributed by atoms with Crippen molar-refractivity contribution in [3.05, 3.63) is 60.4 Å². The Labute approximate surface area is 210 Å². The largest absolute Gasteiger partial charge is 0.378 e. The lowest BCUT2D eigenvalue weighted by Gasteiger charge is -2.11. The second-order valence-corrected chi connectivity index (χ2v) is 11.9. The van der Waals surface area contributed by atoms with Crippen molar-refractivity contribution >= 4 is 34.8 Å². The molecular formula is C22H29FN7O4PS. The first-order valence-corrected chi connectivity index (χ1v) is 14.3. The molecule has 14 heteroatoms. The third-order valence-electron chi connectivity index (χ3n) is 5.16. The van der Waals surface area contributed by atoms with Crippen LogP contribution in [0.3, 0.4) is 0 Å². The molecule has 0 saturated heterocycles. The van der Waals surface area contributed by atoms with Gasteiger partial charge in [-0.05, 0) is 61.4 Å². The van der Waals surface area contributed by atoms with E-state index in [2.05, 4.69) is 29.8 Å². The molecule has 0 aliphatic carbocycles. The number of rotatable bonds is 13. The van der Waals surface area contributed by atoms with Gasteiger partial charge < -0.3 is 9.42 Å². The number of aromatic nitrogens is 3. The summed E-state index contributed by atoms with van der Waals surface area (Å²) in [7, 11) is -2.80. The molecule has 1 aromatic heterocycles. The number of unbranched alkanes of at least 4 members (excludes halogenated alkanes) is 1. The first-order valence-electron chi connectivity index (χ1n) is 11.1. The average molecular weight is 538 g/mol. The Hall–Kier alpha value is -2.99. The van der Waals surface area contributed by atoms with Crippen molar-refractivity contribution in [3.63, 3.8) is 0 Å². The third kappa shape index (κ3) is 8.30. The molecule has 1 unspecified atom stereocenters. The van der Waals surface area contributed by atoms with E-state index < -0.39 is 17.7 Å². The fourth-order valence-electron chi connectivity index (χ4n) is 3.07. The van der Waals surface area contributed by atoms with Crippen LogP contribution in [0.25, 0.3) is 0 Å². The summed E-state index contributed by atoms with van der Waals surface area (Å²) in [5.41, 5.74) is 2.68. The Morgan fingerprint density at radius 3 is 2.25 bits per heavy atom. The standard InChI is InChI=1S/C22H29FN7O4PS/c1-29(2)21-10-6-18(7-11-21)25-26-19-8-12-22(13-9-19)36(32,33)24-16-20-17-30(28-27-20)14-4-5-15-35(23,31)34-3/h6-13,17,24H,4-5,14-16H2,1-3H3. The van der Waals surface area contributed by atoms with Crippen molar-refractivity contribution in [1.82, 2.24) is 19.7 Å². The number of nitrogens with one attached hydrogen (secondary N) is 1. The molecule has 0 saturated carbocycles. The van der Waals surface area contributed by atoms with Crippen molar-refractivity contribution in [2.75, 3.05) is 32.3 Å². The van der Waals surface area contributed by atoms with E-state index in [1.165, 1.54) is 16.8 Å². The summed E-state index contributed by atoms with van der Waals surface area (Å²) in [6.07, 6.45) is 2.33. The van der Waals surface area contributed by atoms with E-state index in [0.717, 1.165) is 12.8 Å². The molecular weight excluding hydrogens is 508 g/mol. The monoisotopic (exact) mass is 537 g/mol. The molecule has 3 aromatic rings. The van der Waals surface area contributed by atoms with E-state index >= 15 is 0 Å². The number of benzene rings is 2. The molecule has 0 bridgehead atoms. The first kappa shape index (κ1) is 27.6. The smallest absolute Gasteiger partial charge is 0.367 e. The van der Waals surface area contributed by atoms with Crippen LogP contribution in [0.4, 0.5) is 21.3 Å². The van der Waals surface area contributed by atoms with E-state index in [0.29, 0.717) is 36.5 Å². The zero-order valence-corrected chi connectivity index (χ0v) is 22.0. The zero-order chi connectivity index (χ0) is 26.2. The molecule has 0 radical (unpaired) electrons. The van der Waals surface area contributed by atoms with Crippen molar-refractivity contribution in [3.8, 4) is 0 Å². The van der Waals surface area contributed by atoms with Gasteiger partial charge in [-0.1, -0.05) is 5.21 Å². The van der Waals surface area contributed by atoms with Gasteiger partial charge in [0.05, 0.1) is 34.7 Å². The number of nitrogens with zero attached hydrogens (tertiary/aromatic N) is 6. The number of hydrogen-bond acceptors (Lipinski definition) is 9. The van der Waals surface area contributed by atoms with Gasteiger partial charge in [-0.2, -0.15) is 14.4 Å². The van der Waals surface area contributed by atoms with E-state index in [1.807, 2.05) is 43.3 Å². The van der Waals surface area contributed by atoms with E-state index in [1.54, 1.807) is 18.3 Å². The Morgan fingerprint density at radius 1 is 1.06 bits per heavy atom. The van der Waals surface area contributed by atoms with Gasteiger partial charge in [-0.25, -0.2) is 13.1 Å². The molecule has 0 spiro atoms. The van der Waals surface area contributed by atoms with E-state index in [4.69, 9.17) is 0 Å². The Bertz CT molecular complexity index is 1310. The zero-order valence-electron chi connectivity index (χ0n) is 20.3. The van der Waals surface area contributed by atoms with Crippen LogP contribution in [0.5, 0.6) is 0 Å². The predicted octanol–water partition coefficient (Wildman–Crippen LogP) is 4.83. The lowest BCUT2D eigenvalue weighted by molar-refractivity contribution is 0.353. The molecule has 11 nitrogen and oxygen atoms in total. The summed E-state index contributed by atoms with van der Waals surface area (Å²) in [5, 5.41) is 16.2. The van der Waals surface area contributed by atoms with Crippen LogP contribution in [0.15, 0.2) is 69.9 Å². The number of azo groups is 1. The average Bonchev–Trinajstić information content (AvgIpc) is 3.32. The number of hydrogen-bond donors (Lipinski definition) is 1. The fourth-order valence-corrected chi connectivity index (χ4v) is 4.85. The minimum Gasteiger partial charge on any atom is -0.378 e. The second kappa shape index (κ2) is 12.3. The number of aryl methyl sites for hydroxylation is 1. The van der Waals surface area contributed by atoms with Crippen molar-refractivity contribution in [2.24, 2.45) is 10.2 Å². The number of sulfonamides is 1. The Morgan fingerprint density at radius 2 is 1.67 bits per heavy atom. The van der Waals surface area contributed by atoms with Crippen LogP contribution in [-0.4, -0.2) is 50.8 Å². The highest BCUT2D eigenvalue weighted by atomic mass is 32.2. The summed E-state index contributed by atoms with van der Waals surface area (Å²) in [5.74, 6) is 0. The SMILES string of the molecule is COP(=O)(F)CCCCn1cc(CNS(=O)(=O)c2ccc(N=Nc3ccc(N(C)C)cc3)cc2)nn1. The Kier molecular flexibility index (Phi) is 9.43. The lowest BCUT2D eigenvalue weighted by Crippen LogP contribution is -2.23. The number of halogens is 1. The van der Waals surface area contributed by atoms with Gasteiger partial charge in [0.1, 0.15) is 0 Å². The third-order valence-corrected chi connectivity index (χ3v) is 7.97. The van der Waals surface area contributed by atoms with E-state index in [-0.39, 0.29) is 17.6 Å². The van der Waals surface area contributed by atoms with Crippen LogP contribution in [0.1, 0.15) is 18.5 Å². The molecule has 0 fully saturated rings. The first-order chi connectivity index (χ1) is 17.1. The minimum absolute atomic E-state index is 0.0455. The molecule has 2 aromatic carbocycles. The van der Waals surface area contributed by atoms with Crippen molar-refractivity contribution < 1.29 is 21.7 Å². The van der Waals surface area contributed by atoms with Crippen LogP contribution in [0.2, 0.25) is 0 Å². The maximum atomic E-state index is 13.3. The molecule has 0 aliphatic heterocycles. The lowest BCUT2D eigenvalue weighted by atomic mass is 10.3. The quantitative estimate of drug-likeness (QED) is 0.188. The van der Waals surface area contributed by atoms with Crippen LogP contribution in [0, 0.1) is 0 Å². The van der Waals surface area contributed by atoms with Crippen LogP contribution < -0.4 is 9.62 Å². The molecule has 0 aliphatic rings. The van der Waals surface area contributed by atoms with E-state index in [9.17, 15) is 17.2 Å². The fraction of sp³-hybridized carbons (Fsp3) is 0.364. The van der Waals surface area contributed by atoms with Gasteiger partial charge in [0.15, 0.2) is 0 Å². The number of anilines is 1. The highest BCUT2D eigenvalue weighted by Gasteiger charge is 2.19. The molecule has 1 atom stereocenters. The minimum atomic E-state index is -4.01. The highest BCUT2D eigenvalue weighted by Crippen LogP contribution is 2.48. The van der Waals surface area contributed by atoms with Gasteiger partial charge in [0.2, 0.25) is 10.0 Å². The molecule has 0 amide bonds. The van der Waals surface area contributed by atoms with Crippen molar-refractivity contribution in [2.45, 2.75) is 30.8 Å². The van der Waals surface area contributed by atoms with Gasteiger partial charge in [-0.15, -0.1) is 5.10 Å². The van der Waals surface area contributed by atoms with Crippen LogP contribution in [-0.2, 0) is 32.2 Å². The summed E-state index contributed by atoms with van der Waals surface area (Å²) < 4.78 is 58.1. The predicted molar refractivity (Wildman–Crippen MR) is 135 cm³/mol.